The zero-order valence-electron chi connectivity index (χ0n) is 12.8. The van der Waals surface area contributed by atoms with Crippen LogP contribution in [0.4, 0.5) is 0 Å². The van der Waals surface area contributed by atoms with Crippen LogP contribution in [-0.2, 0) is 4.79 Å². The minimum absolute atomic E-state index is 0.354. The lowest BCUT2D eigenvalue weighted by molar-refractivity contribution is -0.133. The Morgan fingerprint density at radius 1 is 1.15 bits per heavy atom. The Kier molecular flexibility index (Phi) is 4.61. The van der Waals surface area contributed by atoms with Gasteiger partial charge >= 0.3 is 0 Å². The molecule has 3 unspecified atom stereocenters. The zero-order valence-corrected chi connectivity index (χ0v) is 12.8. The lowest BCUT2D eigenvalue weighted by Crippen LogP contribution is -2.53. The number of carbonyl (C=O) groups excluding carboxylic acids is 1. The quantitative estimate of drug-likeness (QED) is 0.771. The van der Waals surface area contributed by atoms with Crippen LogP contribution >= 0.6 is 0 Å². The first kappa shape index (κ1) is 14.3. The molecule has 114 valence electrons. The molecule has 0 aromatic carbocycles. The van der Waals surface area contributed by atoms with Gasteiger partial charge in [-0.2, -0.15) is 0 Å². The molecule has 3 fully saturated rings. The maximum absolute atomic E-state index is 12.1. The number of fused-ring (bicyclic) bond motifs is 2. The Hall–Kier alpha value is -0.610. The van der Waals surface area contributed by atoms with Crippen molar-refractivity contribution >= 4 is 5.91 Å². The number of rotatable bonds is 5. The van der Waals surface area contributed by atoms with Crippen LogP contribution in [0.25, 0.3) is 0 Å². The maximum atomic E-state index is 12.1. The fourth-order valence-electron chi connectivity index (χ4n) is 4.54. The average Bonchev–Trinajstić information content (AvgIpc) is 3.10. The first-order valence-corrected chi connectivity index (χ1v) is 8.44. The van der Waals surface area contributed by atoms with Crippen molar-refractivity contribution < 1.29 is 4.79 Å². The predicted molar refractivity (Wildman–Crippen MR) is 80.5 cm³/mol. The van der Waals surface area contributed by atoms with E-state index in [1.807, 2.05) is 7.05 Å². The lowest BCUT2D eigenvalue weighted by Gasteiger charge is -2.41. The number of hydrogen-bond acceptors (Lipinski definition) is 3. The lowest BCUT2D eigenvalue weighted by atomic mass is 9.93. The third kappa shape index (κ3) is 3.01. The van der Waals surface area contributed by atoms with E-state index in [4.69, 9.17) is 0 Å². The maximum Gasteiger partial charge on any atom is 0.222 e. The highest BCUT2D eigenvalue weighted by Gasteiger charge is 2.42. The SMILES string of the molecule is CNCCCC(=O)N1CCN(C2CC3CCC2C3)CC1. The molecule has 2 bridgehead atoms. The Bertz CT molecular complexity index is 339. The molecule has 4 nitrogen and oxygen atoms in total. The molecule has 2 aliphatic carbocycles. The molecule has 3 rings (SSSR count). The van der Waals surface area contributed by atoms with Gasteiger partial charge in [0.05, 0.1) is 0 Å². The fourth-order valence-corrected chi connectivity index (χ4v) is 4.54. The number of amides is 1. The molecule has 20 heavy (non-hydrogen) atoms. The molecule has 0 aromatic heterocycles. The summed E-state index contributed by atoms with van der Waals surface area (Å²) in [5.74, 6) is 2.34. The highest BCUT2D eigenvalue weighted by molar-refractivity contribution is 5.76. The van der Waals surface area contributed by atoms with Crippen LogP contribution in [0, 0.1) is 11.8 Å². The number of nitrogens with one attached hydrogen (secondary N) is 1. The molecule has 0 aromatic rings. The van der Waals surface area contributed by atoms with Crippen molar-refractivity contribution in [2.24, 2.45) is 11.8 Å². The monoisotopic (exact) mass is 279 g/mol. The van der Waals surface area contributed by atoms with E-state index in [2.05, 4.69) is 15.1 Å². The first-order valence-electron chi connectivity index (χ1n) is 8.44. The topological polar surface area (TPSA) is 35.6 Å². The number of nitrogens with zero attached hydrogens (tertiary/aromatic N) is 2. The molecule has 1 amide bonds. The van der Waals surface area contributed by atoms with E-state index in [-0.39, 0.29) is 0 Å². The summed E-state index contributed by atoms with van der Waals surface area (Å²) >= 11 is 0. The average molecular weight is 279 g/mol. The van der Waals surface area contributed by atoms with Gasteiger partial charge in [0.25, 0.3) is 0 Å². The van der Waals surface area contributed by atoms with E-state index in [0.29, 0.717) is 12.3 Å². The normalized spacial score (nSPS) is 33.9. The Morgan fingerprint density at radius 2 is 1.95 bits per heavy atom. The Labute approximate surface area is 122 Å². The van der Waals surface area contributed by atoms with Crippen molar-refractivity contribution in [1.29, 1.82) is 0 Å². The minimum Gasteiger partial charge on any atom is -0.340 e. The van der Waals surface area contributed by atoms with Crippen molar-refractivity contribution in [1.82, 2.24) is 15.1 Å². The minimum atomic E-state index is 0.354. The summed E-state index contributed by atoms with van der Waals surface area (Å²) in [5, 5.41) is 3.11. The van der Waals surface area contributed by atoms with Crippen molar-refractivity contribution in [3.63, 3.8) is 0 Å². The third-order valence-corrected chi connectivity index (χ3v) is 5.65. The molecule has 1 saturated heterocycles. The molecule has 0 spiro atoms. The van der Waals surface area contributed by atoms with E-state index >= 15 is 0 Å². The predicted octanol–water partition coefficient (Wildman–Crippen LogP) is 1.32. The van der Waals surface area contributed by atoms with E-state index in [1.54, 1.807) is 0 Å². The van der Waals surface area contributed by atoms with Gasteiger partial charge in [-0.25, -0.2) is 0 Å². The summed E-state index contributed by atoms with van der Waals surface area (Å²) in [6, 6.07) is 0.843. The van der Waals surface area contributed by atoms with Gasteiger partial charge in [-0.1, -0.05) is 6.42 Å². The van der Waals surface area contributed by atoms with Gasteiger partial charge in [-0.15, -0.1) is 0 Å². The van der Waals surface area contributed by atoms with Crippen molar-refractivity contribution in [2.75, 3.05) is 39.8 Å². The molecule has 2 saturated carbocycles. The summed E-state index contributed by atoms with van der Waals surface area (Å²) in [4.78, 5) is 16.9. The van der Waals surface area contributed by atoms with Crippen LogP contribution in [0.2, 0.25) is 0 Å². The standard InChI is InChI=1S/C16H29N3O/c1-17-6-2-3-16(20)19-9-7-18(8-10-19)15-12-13-4-5-14(15)11-13/h13-15,17H,2-12H2,1H3. The molecule has 0 radical (unpaired) electrons. The number of hydrogen-bond donors (Lipinski definition) is 1. The second-order valence-corrected chi connectivity index (χ2v) is 6.87. The Balaban J connectivity index is 1.42. The van der Waals surface area contributed by atoms with Gasteiger partial charge in [0.1, 0.15) is 0 Å². The molecule has 3 aliphatic rings. The summed E-state index contributed by atoms with van der Waals surface area (Å²) in [6.45, 7) is 5.05. The third-order valence-electron chi connectivity index (χ3n) is 5.65. The second-order valence-electron chi connectivity index (χ2n) is 6.87. The number of carbonyl (C=O) groups is 1. The van der Waals surface area contributed by atoms with Gasteiger partial charge in [0, 0.05) is 38.6 Å². The summed E-state index contributed by atoms with van der Waals surface area (Å²) < 4.78 is 0. The molecule has 4 heteroatoms. The fraction of sp³-hybridized carbons (Fsp3) is 0.938. The highest BCUT2D eigenvalue weighted by atomic mass is 16.2. The van der Waals surface area contributed by atoms with Gasteiger partial charge in [-0.05, 0) is 51.1 Å². The van der Waals surface area contributed by atoms with Crippen LogP contribution in [0.3, 0.4) is 0 Å². The molecular weight excluding hydrogens is 250 g/mol. The molecule has 1 heterocycles. The number of piperazine rings is 1. The molecule has 3 atom stereocenters. The summed E-state index contributed by atoms with van der Waals surface area (Å²) in [7, 11) is 1.94. The van der Waals surface area contributed by atoms with Gasteiger partial charge in [0.2, 0.25) is 5.91 Å². The molecule has 1 aliphatic heterocycles. The van der Waals surface area contributed by atoms with Crippen LogP contribution in [0.5, 0.6) is 0 Å². The second kappa shape index (κ2) is 6.44. The zero-order chi connectivity index (χ0) is 13.9. The first-order chi connectivity index (χ1) is 9.78. The van der Waals surface area contributed by atoms with E-state index < -0.39 is 0 Å². The van der Waals surface area contributed by atoms with Crippen LogP contribution in [0.15, 0.2) is 0 Å². The van der Waals surface area contributed by atoms with Gasteiger partial charge in [-0.3, -0.25) is 9.69 Å². The summed E-state index contributed by atoms with van der Waals surface area (Å²) in [6.07, 6.45) is 7.51. The van der Waals surface area contributed by atoms with Crippen LogP contribution in [0.1, 0.15) is 38.5 Å². The van der Waals surface area contributed by atoms with Crippen molar-refractivity contribution in [2.45, 2.75) is 44.6 Å². The van der Waals surface area contributed by atoms with E-state index in [9.17, 15) is 4.79 Å². The van der Waals surface area contributed by atoms with Crippen LogP contribution in [-0.4, -0.2) is 61.5 Å². The molecule has 1 N–H and O–H groups in total. The van der Waals surface area contributed by atoms with Crippen molar-refractivity contribution in [3.8, 4) is 0 Å². The van der Waals surface area contributed by atoms with E-state index in [0.717, 1.165) is 57.0 Å². The smallest absolute Gasteiger partial charge is 0.222 e. The molecular formula is C16H29N3O. The Morgan fingerprint density at radius 3 is 2.55 bits per heavy atom. The largest absolute Gasteiger partial charge is 0.340 e. The van der Waals surface area contributed by atoms with Crippen LogP contribution < -0.4 is 5.32 Å². The van der Waals surface area contributed by atoms with E-state index in [1.165, 1.54) is 25.7 Å². The summed E-state index contributed by atoms with van der Waals surface area (Å²) in [5.41, 5.74) is 0. The highest BCUT2D eigenvalue weighted by Crippen LogP contribution is 2.46. The van der Waals surface area contributed by atoms with Gasteiger partial charge < -0.3 is 10.2 Å². The van der Waals surface area contributed by atoms with Gasteiger partial charge in [0.15, 0.2) is 0 Å². The van der Waals surface area contributed by atoms with Crippen molar-refractivity contribution in [3.05, 3.63) is 0 Å².